The SMILES string of the molecule is COc1cc(/C=N\Nc2nc3nc[nH]c(=O)c3[nH]2)cc(OC)c1OC. The monoisotopic (exact) mass is 344 g/mol. The van der Waals surface area contributed by atoms with Crippen LogP contribution < -0.4 is 25.2 Å². The number of methoxy groups -OCH3 is 3. The number of hydrogen-bond acceptors (Lipinski definition) is 8. The van der Waals surface area contributed by atoms with E-state index in [4.69, 9.17) is 14.2 Å². The smallest absolute Gasteiger partial charge is 0.276 e. The highest BCUT2D eigenvalue weighted by Crippen LogP contribution is 2.37. The number of imidazole rings is 1. The molecule has 10 nitrogen and oxygen atoms in total. The summed E-state index contributed by atoms with van der Waals surface area (Å²) in [5, 5.41) is 4.08. The van der Waals surface area contributed by atoms with Crippen LogP contribution in [-0.4, -0.2) is 47.5 Å². The van der Waals surface area contributed by atoms with E-state index in [0.717, 1.165) is 0 Å². The predicted octanol–water partition coefficient (Wildman–Crippen LogP) is 1.12. The van der Waals surface area contributed by atoms with Crippen LogP contribution in [0.15, 0.2) is 28.4 Å². The Morgan fingerprint density at radius 3 is 2.48 bits per heavy atom. The van der Waals surface area contributed by atoms with Gasteiger partial charge in [0.05, 0.1) is 33.9 Å². The molecule has 0 spiro atoms. The molecule has 3 rings (SSSR count). The molecule has 0 fully saturated rings. The Balaban J connectivity index is 1.83. The number of benzene rings is 1. The van der Waals surface area contributed by atoms with Crippen LogP contribution in [-0.2, 0) is 0 Å². The van der Waals surface area contributed by atoms with Gasteiger partial charge in [-0.15, -0.1) is 0 Å². The van der Waals surface area contributed by atoms with Crippen LogP contribution in [0.25, 0.3) is 11.2 Å². The van der Waals surface area contributed by atoms with E-state index in [1.165, 1.54) is 27.7 Å². The van der Waals surface area contributed by atoms with Crippen molar-refractivity contribution in [2.45, 2.75) is 0 Å². The standard InChI is InChI=1S/C15H16N6O4/c1-23-9-4-8(5-10(24-2)12(9)25-3)6-18-21-15-19-11-13(20-15)16-7-17-14(11)22/h4-7H,1-3H3,(H3,16,17,19,20,21,22)/b18-6-. The zero-order chi connectivity index (χ0) is 17.8. The van der Waals surface area contributed by atoms with Gasteiger partial charge in [0.2, 0.25) is 11.7 Å². The van der Waals surface area contributed by atoms with Crippen molar-refractivity contribution in [2.75, 3.05) is 26.8 Å². The second kappa shape index (κ2) is 6.91. The minimum atomic E-state index is -0.306. The molecule has 3 N–H and O–H groups in total. The van der Waals surface area contributed by atoms with E-state index in [0.29, 0.717) is 34.4 Å². The van der Waals surface area contributed by atoms with Gasteiger partial charge in [0.15, 0.2) is 22.7 Å². The Labute approximate surface area is 141 Å². The zero-order valence-electron chi connectivity index (χ0n) is 13.8. The second-order valence-electron chi connectivity index (χ2n) is 4.84. The lowest BCUT2D eigenvalue weighted by atomic mass is 10.2. The molecule has 25 heavy (non-hydrogen) atoms. The summed E-state index contributed by atoms with van der Waals surface area (Å²) in [6.45, 7) is 0. The number of nitrogens with one attached hydrogen (secondary N) is 3. The van der Waals surface area contributed by atoms with Crippen LogP contribution >= 0.6 is 0 Å². The molecular formula is C15H16N6O4. The Bertz CT molecular complexity index is 953. The van der Waals surface area contributed by atoms with E-state index in [1.807, 2.05) is 0 Å². The van der Waals surface area contributed by atoms with Crippen LogP contribution in [0.3, 0.4) is 0 Å². The summed E-state index contributed by atoms with van der Waals surface area (Å²) in [6, 6.07) is 3.49. The van der Waals surface area contributed by atoms with E-state index in [-0.39, 0.29) is 11.1 Å². The Kier molecular flexibility index (Phi) is 4.50. The van der Waals surface area contributed by atoms with Gasteiger partial charge in [-0.25, -0.2) is 10.4 Å². The van der Waals surface area contributed by atoms with Crippen molar-refractivity contribution in [3.8, 4) is 17.2 Å². The predicted molar refractivity (Wildman–Crippen MR) is 91.8 cm³/mol. The maximum absolute atomic E-state index is 11.6. The van der Waals surface area contributed by atoms with Crippen molar-refractivity contribution in [1.29, 1.82) is 0 Å². The van der Waals surface area contributed by atoms with Crippen molar-refractivity contribution >= 4 is 23.3 Å². The Morgan fingerprint density at radius 2 is 1.88 bits per heavy atom. The summed E-state index contributed by atoms with van der Waals surface area (Å²) in [5.74, 6) is 1.83. The molecule has 130 valence electrons. The van der Waals surface area contributed by atoms with Gasteiger partial charge in [-0.1, -0.05) is 0 Å². The van der Waals surface area contributed by atoms with Crippen LogP contribution in [0, 0.1) is 0 Å². The fraction of sp³-hybridized carbons (Fsp3) is 0.200. The molecule has 0 aliphatic rings. The fourth-order valence-electron chi connectivity index (χ4n) is 2.24. The van der Waals surface area contributed by atoms with E-state index >= 15 is 0 Å². The van der Waals surface area contributed by atoms with E-state index in [1.54, 1.807) is 18.3 Å². The molecule has 0 atom stereocenters. The summed E-state index contributed by atoms with van der Waals surface area (Å²) < 4.78 is 15.8. The van der Waals surface area contributed by atoms with Crippen LogP contribution in [0.4, 0.5) is 5.95 Å². The number of hydrogen-bond donors (Lipinski definition) is 3. The minimum Gasteiger partial charge on any atom is -0.493 e. The van der Waals surface area contributed by atoms with Gasteiger partial charge in [0.25, 0.3) is 5.56 Å². The number of H-pyrrole nitrogens is 2. The molecule has 2 heterocycles. The molecule has 0 aliphatic carbocycles. The molecule has 0 saturated heterocycles. The van der Waals surface area contributed by atoms with Crippen molar-refractivity contribution in [2.24, 2.45) is 5.10 Å². The first-order valence-corrected chi connectivity index (χ1v) is 7.18. The number of aromatic amines is 2. The number of rotatable bonds is 6. The summed E-state index contributed by atoms with van der Waals surface area (Å²) in [6.07, 6.45) is 2.84. The Morgan fingerprint density at radius 1 is 1.16 bits per heavy atom. The number of hydrazone groups is 1. The van der Waals surface area contributed by atoms with Crippen molar-refractivity contribution in [3.05, 3.63) is 34.4 Å². The van der Waals surface area contributed by atoms with Crippen molar-refractivity contribution in [1.82, 2.24) is 19.9 Å². The normalized spacial score (nSPS) is 11.0. The molecule has 1 aromatic carbocycles. The zero-order valence-corrected chi connectivity index (χ0v) is 13.8. The third kappa shape index (κ3) is 3.22. The quantitative estimate of drug-likeness (QED) is 0.452. The number of anilines is 1. The average molecular weight is 344 g/mol. The maximum atomic E-state index is 11.6. The molecule has 0 aliphatic heterocycles. The lowest BCUT2D eigenvalue weighted by molar-refractivity contribution is 0.324. The second-order valence-corrected chi connectivity index (χ2v) is 4.84. The van der Waals surface area contributed by atoms with Gasteiger partial charge in [0, 0.05) is 5.56 Å². The summed E-state index contributed by atoms with van der Waals surface area (Å²) in [5.41, 5.74) is 3.69. The summed E-state index contributed by atoms with van der Waals surface area (Å²) in [4.78, 5) is 25.0. The average Bonchev–Trinajstić information content (AvgIpc) is 3.05. The molecule has 0 saturated carbocycles. The minimum absolute atomic E-state index is 0.271. The maximum Gasteiger partial charge on any atom is 0.276 e. The summed E-state index contributed by atoms with van der Waals surface area (Å²) in [7, 11) is 4.61. The highest BCUT2D eigenvalue weighted by molar-refractivity contribution is 5.83. The van der Waals surface area contributed by atoms with E-state index in [9.17, 15) is 4.79 Å². The number of aromatic nitrogens is 4. The lowest BCUT2D eigenvalue weighted by Gasteiger charge is -2.12. The third-order valence-electron chi connectivity index (χ3n) is 3.37. The summed E-state index contributed by atoms with van der Waals surface area (Å²) >= 11 is 0. The van der Waals surface area contributed by atoms with E-state index in [2.05, 4.69) is 30.5 Å². The molecule has 0 unspecified atom stereocenters. The van der Waals surface area contributed by atoms with Crippen molar-refractivity contribution < 1.29 is 14.2 Å². The van der Waals surface area contributed by atoms with Gasteiger partial charge >= 0.3 is 0 Å². The Hall–Kier alpha value is -3.56. The van der Waals surface area contributed by atoms with Crippen LogP contribution in [0.5, 0.6) is 17.2 Å². The van der Waals surface area contributed by atoms with Gasteiger partial charge in [-0.05, 0) is 12.1 Å². The van der Waals surface area contributed by atoms with Gasteiger partial charge in [-0.3, -0.25) is 4.79 Å². The highest BCUT2D eigenvalue weighted by Gasteiger charge is 2.12. The first kappa shape index (κ1) is 16.3. The first-order chi connectivity index (χ1) is 12.2. The molecule has 10 heteroatoms. The molecule has 0 bridgehead atoms. The number of nitrogens with zero attached hydrogens (tertiary/aromatic N) is 3. The lowest BCUT2D eigenvalue weighted by Crippen LogP contribution is -2.05. The van der Waals surface area contributed by atoms with Crippen molar-refractivity contribution in [3.63, 3.8) is 0 Å². The van der Waals surface area contributed by atoms with Gasteiger partial charge in [-0.2, -0.15) is 10.1 Å². The molecule has 0 amide bonds. The fourth-order valence-corrected chi connectivity index (χ4v) is 2.24. The number of fused-ring (bicyclic) bond motifs is 1. The molecule has 0 radical (unpaired) electrons. The third-order valence-corrected chi connectivity index (χ3v) is 3.37. The first-order valence-electron chi connectivity index (χ1n) is 7.18. The van der Waals surface area contributed by atoms with E-state index < -0.39 is 0 Å². The largest absolute Gasteiger partial charge is 0.493 e. The van der Waals surface area contributed by atoms with Crippen LogP contribution in [0.2, 0.25) is 0 Å². The topological polar surface area (TPSA) is 127 Å². The molecule has 3 aromatic rings. The van der Waals surface area contributed by atoms with Crippen LogP contribution in [0.1, 0.15) is 5.56 Å². The van der Waals surface area contributed by atoms with Gasteiger partial charge in [0.1, 0.15) is 0 Å². The molecule has 2 aromatic heterocycles. The molecular weight excluding hydrogens is 328 g/mol. The van der Waals surface area contributed by atoms with Gasteiger partial charge < -0.3 is 24.2 Å². The highest BCUT2D eigenvalue weighted by atomic mass is 16.5. The number of ether oxygens (including phenoxy) is 3.